The molecule has 0 spiro atoms. The zero-order valence-electron chi connectivity index (χ0n) is 12.4. The molecule has 0 radical (unpaired) electrons. The maximum absolute atomic E-state index is 9.99. The van der Waals surface area contributed by atoms with Gasteiger partial charge in [0.05, 0.1) is 0 Å². The minimum Gasteiger partial charge on any atom is -0.508 e. The number of anilines is 1. The molecule has 0 heterocycles. The number of phenols is 1. The van der Waals surface area contributed by atoms with Gasteiger partial charge in [-0.1, -0.05) is 26.8 Å². The van der Waals surface area contributed by atoms with Crippen molar-refractivity contribution in [2.45, 2.75) is 46.7 Å². The van der Waals surface area contributed by atoms with Crippen LogP contribution in [0.3, 0.4) is 0 Å². The highest BCUT2D eigenvalue weighted by molar-refractivity contribution is 5.54. The predicted molar refractivity (Wildman–Crippen MR) is 78.0 cm³/mol. The van der Waals surface area contributed by atoms with Gasteiger partial charge in [-0.15, -0.1) is 0 Å². The van der Waals surface area contributed by atoms with Gasteiger partial charge in [0.2, 0.25) is 0 Å². The number of rotatable bonds is 3. The van der Waals surface area contributed by atoms with Crippen molar-refractivity contribution in [3.05, 3.63) is 23.8 Å². The molecular formula is C15H26N2O. The quantitative estimate of drug-likeness (QED) is 0.865. The molecule has 3 nitrogen and oxygen atoms in total. The van der Waals surface area contributed by atoms with Gasteiger partial charge in [-0.25, -0.2) is 0 Å². The second-order valence-electron chi connectivity index (χ2n) is 6.18. The van der Waals surface area contributed by atoms with Crippen LogP contribution in [0.2, 0.25) is 0 Å². The van der Waals surface area contributed by atoms with E-state index in [0.29, 0.717) is 6.04 Å². The fourth-order valence-corrected chi connectivity index (χ4v) is 1.94. The first-order valence-corrected chi connectivity index (χ1v) is 6.46. The van der Waals surface area contributed by atoms with Gasteiger partial charge < -0.3 is 15.7 Å². The Balaban J connectivity index is 3.02. The minimum atomic E-state index is -0.149. The summed E-state index contributed by atoms with van der Waals surface area (Å²) in [5.41, 5.74) is 7.78. The first-order chi connectivity index (χ1) is 8.14. The summed E-state index contributed by atoms with van der Waals surface area (Å²) in [7, 11) is 2.05. The molecule has 0 aliphatic carbocycles. The number of phenolic OH excluding ortho intramolecular Hbond substituents is 1. The van der Waals surface area contributed by atoms with E-state index in [1.807, 2.05) is 19.1 Å². The van der Waals surface area contributed by atoms with Crippen molar-refractivity contribution >= 4 is 5.69 Å². The van der Waals surface area contributed by atoms with Gasteiger partial charge in [0.15, 0.2) is 0 Å². The van der Waals surface area contributed by atoms with E-state index in [1.54, 1.807) is 6.07 Å². The van der Waals surface area contributed by atoms with Crippen LogP contribution in [-0.4, -0.2) is 18.2 Å². The first kappa shape index (κ1) is 14.8. The smallest absolute Gasteiger partial charge is 0.122 e. The molecule has 0 saturated heterocycles. The number of benzene rings is 1. The highest BCUT2D eigenvalue weighted by Crippen LogP contribution is 2.31. The van der Waals surface area contributed by atoms with Gasteiger partial charge in [0.25, 0.3) is 0 Å². The summed E-state index contributed by atoms with van der Waals surface area (Å²) in [5, 5.41) is 9.99. The number of nitrogens with zero attached hydrogens (tertiary/aromatic N) is 1. The standard InChI is InChI=1S/C15H26N2O/c1-10(16)13-8-7-12(9-14(13)18)17(6)11(2)15(3,4)5/h7-11,18H,16H2,1-6H3. The molecule has 0 fully saturated rings. The number of hydrogen-bond donors (Lipinski definition) is 2. The van der Waals surface area contributed by atoms with E-state index in [9.17, 15) is 5.11 Å². The van der Waals surface area contributed by atoms with Crippen LogP contribution >= 0.6 is 0 Å². The van der Waals surface area contributed by atoms with Crippen LogP contribution in [0, 0.1) is 5.41 Å². The molecule has 0 bridgehead atoms. The van der Waals surface area contributed by atoms with Gasteiger partial charge in [-0.3, -0.25) is 0 Å². The van der Waals surface area contributed by atoms with E-state index in [2.05, 4.69) is 39.6 Å². The van der Waals surface area contributed by atoms with E-state index in [-0.39, 0.29) is 17.2 Å². The third-order valence-electron chi connectivity index (χ3n) is 3.75. The van der Waals surface area contributed by atoms with Crippen molar-refractivity contribution in [3.63, 3.8) is 0 Å². The molecule has 1 aromatic rings. The maximum Gasteiger partial charge on any atom is 0.122 e. The van der Waals surface area contributed by atoms with E-state index in [1.165, 1.54) is 0 Å². The third kappa shape index (κ3) is 3.16. The molecule has 0 saturated carbocycles. The lowest BCUT2D eigenvalue weighted by Crippen LogP contribution is -2.39. The van der Waals surface area contributed by atoms with Crippen molar-refractivity contribution in [2.75, 3.05) is 11.9 Å². The van der Waals surface area contributed by atoms with Gasteiger partial charge in [0, 0.05) is 36.4 Å². The zero-order valence-corrected chi connectivity index (χ0v) is 12.4. The summed E-state index contributed by atoms with van der Waals surface area (Å²) >= 11 is 0. The Morgan fingerprint density at radius 2 is 1.78 bits per heavy atom. The molecule has 3 heteroatoms. The molecular weight excluding hydrogens is 224 g/mol. The average molecular weight is 250 g/mol. The molecule has 2 unspecified atom stereocenters. The fourth-order valence-electron chi connectivity index (χ4n) is 1.94. The van der Waals surface area contributed by atoms with E-state index < -0.39 is 0 Å². The number of nitrogens with two attached hydrogens (primary N) is 1. The molecule has 102 valence electrons. The van der Waals surface area contributed by atoms with Crippen molar-refractivity contribution < 1.29 is 5.11 Å². The number of hydrogen-bond acceptors (Lipinski definition) is 3. The Hall–Kier alpha value is -1.22. The molecule has 0 aliphatic heterocycles. The average Bonchev–Trinajstić information content (AvgIpc) is 2.25. The minimum absolute atomic E-state index is 0.149. The van der Waals surface area contributed by atoms with Crippen molar-refractivity contribution in [1.82, 2.24) is 0 Å². The Kier molecular flexibility index (Phi) is 4.28. The van der Waals surface area contributed by atoms with Crippen LogP contribution < -0.4 is 10.6 Å². The van der Waals surface area contributed by atoms with Crippen LogP contribution in [0.4, 0.5) is 5.69 Å². The monoisotopic (exact) mass is 250 g/mol. The van der Waals surface area contributed by atoms with Crippen molar-refractivity contribution in [2.24, 2.45) is 11.1 Å². The maximum atomic E-state index is 9.99. The molecule has 2 atom stereocenters. The molecule has 18 heavy (non-hydrogen) atoms. The first-order valence-electron chi connectivity index (χ1n) is 6.46. The summed E-state index contributed by atoms with van der Waals surface area (Å²) in [6.45, 7) is 10.7. The summed E-state index contributed by atoms with van der Waals surface area (Å²) < 4.78 is 0. The van der Waals surface area contributed by atoms with Crippen molar-refractivity contribution in [1.29, 1.82) is 0 Å². The largest absolute Gasteiger partial charge is 0.508 e. The Bertz CT molecular complexity index is 407. The lowest BCUT2D eigenvalue weighted by Gasteiger charge is -2.37. The van der Waals surface area contributed by atoms with Crippen LogP contribution in [0.25, 0.3) is 0 Å². The van der Waals surface area contributed by atoms with Crippen LogP contribution in [0.1, 0.15) is 46.2 Å². The fraction of sp³-hybridized carbons (Fsp3) is 0.600. The molecule has 0 aromatic heterocycles. The SMILES string of the molecule is CC(N)c1ccc(N(C)C(C)C(C)(C)C)cc1O. The van der Waals surface area contributed by atoms with E-state index in [4.69, 9.17) is 5.73 Å². The van der Waals surface area contributed by atoms with Crippen LogP contribution in [0.5, 0.6) is 5.75 Å². The summed E-state index contributed by atoms with van der Waals surface area (Å²) in [6.07, 6.45) is 0. The molecule has 0 aliphatic rings. The highest BCUT2D eigenvalue weighted by atomic mass is 16.3. The number of aromatic hydroxyl groups is 1. The molecule has 1 aromatic carbocycles. The second kappa shape index (κ2) is 5.19. The summed E-state index contributed by atoms with van der Waals surface area (Å²) in [4.78, 5) is 2.19. The Labute approximate surface area is 111 Å². The molecule has 3 N–H and O–H groups in total. The van der Waals surface area contributed by atoms with Gasteiger partial charge in [-0.05, 0) is 25.3 Å². The van der Waals surface area contributed by atoms with Gasteiger partial charge in [-0.2, -0.15) is 0 Å². The van der Waals surface area contributed by atoms with Crippen molar-refractivity contribution in [3.8, 4) is 5.75 Å². The van der Waals surface area contributed by atoms with Gasteiger partial charge in [0.1, 0.15) is 5.75 Å². The Morgan fingerprint density at radius 3 is 2.17 bits per heavy atom. The van der Waals surface area contributed by atoms with Crippen LogP contribution in [-0.2, 0) is 0 Å². The summed E-state index contributed by atoms with van der Waals surface area (Å²) in [6, 6.07) is 5.94. The summed E-state index contributed by atoms with van der Waals surface area (Å²) in [5.74, 6) is 0.274. The topological polar surface area (TPSA) is 49.5 Å². The normalized spacial score (nSPS) is 15.3. The van der Waals surface area contributed by atoms with E-state index in [0.717, 1.165) is 11.3 Å². The van der Waals surface area contributed by atoms with Gasteiger partial charge >= 0.3 is 0 Å². The lowest BCUT2D eigenvalue weighted by atomic mass is 9.87. The third-order valence-corrected chi connectivity index (χ3v) is 3.75. The van der Waals surface area contributed by atoms with Crippen LogP contribution in [0.15, 0.2) is 18.2 Å². The van der Waals surface area contributed by atoms with E-state index >= 15 is 0 Å². The Morgan fingerprint density at radius 1 is 1.22 bits per heavy atom. The molecule has 1 rings (SSSR count). The lowest BCUT2D eigenvalue weighted by molar-refractivity contribution is 0.329. The second-order valence-corrected chi connectivity index (χ2v) is 6.18. The predicted octanol–water partition coefficient (Wildman–Crippen LogP) is 3.28. The highest BCUT2D eigenvalue weighted by Gasteiger charge is 2.24. The molecule has 0 amide bonds. The zero-order chi connectivity index (χ0) is 14.1.